The summed E-state index contributed by atoms with van der Waals surface area (Å²) < 4.78 is 5.93. The summed E-state index contributed by atoms with van der Waals surface area (Å²) in [6.45, 7) is 0.489. The average Bonchev–Trinajstić information content (AvgIpc) is 3.41. The fourth-order valence-corrected chi connectivity index (χ4v) is 4.17. The molecule has 0 bridgehead atoms. The minimum Gasteiger partial charge on any atom is -0.492 e. The Morgan fingerprint density at radius 3 is 2.56 bits per heavy atom. The molecule has 0 aromatic heterocycles. The topological polar surface area (TPSA) is 81.4 Å². The number of amides is 2. The molecule has 2 atom stereocenters. The van der Waals surface area contributed by atoms with Crippen LogP contribution in [0.1, 0.15) is 30.7 Å². The molecule has 1 aliphatic heterocycles. The summed E-state index contributed by atoms with van der Waals surface area (Å²) in [5, 5.41) is 2.66. The molecule has 1 aromatic carbocycles. The SMILES string of the molecule is CNC(=O)C1=CC(C(N)=O)(C2CC2)CC2=C1OCC2c1ccccc1. The van der Waals surface area contributed by atoms with Crippen LogP contribution in [-0.4, -0.2) is 25.5 Å². The van der Waals surface area contributed by atoms with Crippen LogP contribution in [0.5, 0.6) is 0 Å². The molecule has 3 aliphatic rings. The summed E-state index contributed by atoms with van der Waals surface area (Å²) in [7, 11) is 1.59. The largest absolute Gasteiger partial charge is 0.492 e. The second-order valence-corrected chi connectivity index (χ2v) is 7.12. The van der Waals surface area contributed by atoms with Gasteiger partial charge >= 0.3 is 0 Å². The van der Waals surface area contributed by atoms with Crippen LogP contribution in [-0.2, 0) is 14.3 Å². The zero-order valence-electron chi connectivity index (χ0n) is 14.2. The van der Waals surface area contributed by atoms with Gasteiger partial charge in [-0.2, -0.15) is 0 Å². The lowest BCUT2D eigenvalue weighted by Gasteiger charge is -2.33. The van der Waals surface area contributed by atoms with E-state index in [0.717, 1.165) is 24.0 Å². The number of carbonyl (C=O) groups excluding carboxylic acids is 2. The highest BCUT2D eigenvalue weighted by Gasteiger charge is 2.53. The highest BCUT2D eigenvalue weighted by atomic mass is 16.5. The van der Waals surface area contributed by atoms with E-state index in [0.29, 0.717) is 24.4 Å². The number of likely N-dealkylation sites (N-methyl/N-ethyl adjacent to an activating group) is 1. The number of nitrogens with one attached hydrogen (secondary N) is 1. The van der Waals surface area contributed by atoms with Gasteiger partial charge in [-0.05, 0) is 36.3 Å². The summed E-state index contributed by atoms with van der Waals surface area (Å²) in [4.78, 5) is 24.9. The van der Waals surface area contributed by atoms with E-state index in [9.17, 15) is 9.59 Å². The molecular formula is C20H22N2O3. The third-order valence-corrected chi connectivity index (χ3v) is 5.67. The number of ether oxygens (including phenoxy) is 1. The Morgan fingerprint density at radius 2 is 1.96 bits per heavy atom. The minimum absolute atomic E-state index is 0.0574. The van der Waals surface area contributed by atoms with Crippen molar-refractivity contribution < 1.29 is 14.3 Å². The molecule has 0 saturated heterocycles. The van der Waals surface area contributed by atoms with E-state index in [1.54, 1.807) is 13.1 Å². The van der Waals surface area contributed by atoms with Crippen molar-refractivity contribution in [2.75, 3.05) is 13.7 Å². The van der Waals surface area contributed by atoms with Gasteiger partial charge in [0.2, 0.25) is 5.91 Å². The molecular weight excluding hydrogens is 316 g/mol. The van der Waals surface area contributed by atoms with Crippen LogP contribution in [0.4, 0.5) is 0 Å². The molecule has 1 aromatic rings. The molecule has 5 nitrogen and oxygen atoms in total. The Bertz CT molecular complexity index is 792. The van der Waals surface area contributed by atoms with Crippen LogP contribution in [0.15, 0.2) is 53.3 Å². The molecule has 3 N–H and O–H groups in total. The number of carbonyl (C=O) groups is 2. The zero-order chi connectivity index (χ0) is 17.6. The first kappa shape index (κ1) is 15.9. The first-order valence-electron chi connectivity index (χ1n) is 8.73. The molecule has 1 fully saturated rings. The van der Waals surface area contributed by atoms with E-state index in [4.69, 9.17) is 10.5 Å². The van der Waals surface area contributed by atoms with Crippen molar-refractivity contribution >= 4 is 11.8 Å². The first-order chi connectivity index (χ1) is 12.1. The second kappa shape index (κ2) is 5.76. The third-order valence-electron chi connectivity index (χ3n) is 5.67. The summed E-state index contributed by atoms with van der Waals surface area (Å²) in [5.74, 6) is 0.331. The van der Waals surface area contributed by atoms with E-state index in [2.05, 4.69) is 17.4 Å². The molecule has 2 aliphatic carbocycles. The van der Waals surface area contributed by atoms with Crippen LogP contribution in [0.3, 0.4) is 0 Å². The van der Waals surface area contributed by atoms with E-state index in [1.807, 2.05) is 18.2 Å². The lowest BCUT2D eigenvalue weighted by Crippen LogP contribution is -2.41. The number of hydrogen-bond acceptors (Lipinski definition) is 3. The maximum absolute atomic E-state index is 12.5. The number of nitrogens with two attached hydrogens (primary N) is 1. The minimum atomic E-state index is -0.776. The van der Waals surface area contributed by atoms with Crippen molar-refractivity contribution in [3.05, 3.63) is 58.9 Å². The van der Waals surface area contributed by atoms with Crippen LogP contribution in [0.25, 0.3) is 0 Å². The maximum Gasteiger partial charge on any atom is 0.254 e. The molecule has 2 amide bonds. The monoisotopic (exact) mass is 338 g/mol. The molecule has 0 radical (unpaired) electrons. The Morgan fingerprint density at radius 1 is 1.24 bits per heavy atom. The number of benzene rings is 1. The summed E-state index contributed by atoms with van der Waals surface area (Å²) >= 11 is 0. The molecule has 5 heteroatoms. The summed E-state index contributed by atoms with van der Waals surface area (Å²) in [5.41, 5.74) is 7.68. The predicted molar refractivity (Wildman–Crippen MR) is 93.3 cm³/mol. The van der Waals surface area contributed by atoms with Gasteiger partial charge in [-0.1, -0.05) is 36.4 Å². The van der Waals surface area contributed by atoms with Gasteiger partial charge in [0.15, 0.2) is 0 Å². The molecule has 1 saturated carbocycles. The fraction of sp³-hybridized carbons (Fsp3) is 0.400. The second-order valence-electron chi connectivity index (χ2n) is 7.12. The Hall–Kier alpha value is -2.56. The van der Waals surface area contributed by atoms with Gasteiger partial charge in [-0.25, -0.2) is 0 Å². The Balaban J connectivity index is 1.82. The van der Waals surface area contributed by atoms with E-state index >= 15 is 0 Å². The highest BCUT2D eigenvalue weighted by Crippen LogP contribution is 2.56. The van der Waals surface area contributed by atoms with Crippen molar-refractivity contribution in [2.45, 2.75) is 25.2 Å². The van der Waals surface area contributed by atoms with Crippen LogP contribution >= 0.6 is 0 Å². The van der Waals surface area contributed by atoms with E-state index in [-0.39, 0.29) is 23.7 Å². The van der Waals surface area contributed by atoms with E-state index < -0.39 is 5.41 Å². The lowest BCUT2D eigenvalue weighted by molar-refractivity contribution is -0.126. The standard InChI is InChI=1S/C20H22N2O3/c1-22-18(23)15-10-20(19(21)24,13-7-8-13)9-14-16(11-25-17(14)15)12-5-3-2-4-6-12/h2-6,10,13,16H,7-9,11H2,1H3,(H2,21,24)(H,22,23). The van der Waals surface area contributed by atoms with Gasteiger partial charge in [0.1, 0.15) is 5.76 Å². The van der Waals surface area contributed by atoms with Gasteiger partial charge < -0.3 is 15.8 Å². The van der Waals surface area contributed by atoms with Gasteiger partial charge in [-0.3, -0.25) is 9.59 Å². The van der Waals surface area contributed by atoms with Gasteiger partial charge in [-0.15, -0.1) is 0 Å². The van der Waals surface area contributed by atoms with Crippen molar-refractivity contribution in [1.29, 1.82) is 0 Å². The number of rotatable bonds is 4. The molecule has 130 valence electrons. The molecule has 0 spiro atoms. The van der Waals surface area contributed by atoms with Crippen molar-refractivity contribution in [1.82, 2.24) is 5.32 Å². The van der Waals surface area contributed by atoms with Gasteiger partial charge in [0.25, 0.3) is 5.91 Å². The van der Waals surface area contributed by atoms with Crippen molar-refractivity contribution in [3.8, 4) is 0 Å². The fourth-order valence-electron chi connectivity index (χ4n) is 4.17. The molecule has 25 heavy (non-hydrogen) atoms. The normalized spacial score (nSPS) is 28.0. The third kappa shape index (κ3) is 2.46. The van der Waals surface area contributed by atoms with Crippen molar-refractivity contribution in [2.24, 2.45) is 17.1 Å². The lowest BCUT2D eigenvalue weighted by atomic mass is 9.68. The Labute approximate surface area is 146 Å². The van der Waals surface area contributed by atoms with Gasteiger partial charge in [0.05, 0.1) is 17.6 Å². The maximum atomic E-state index is 12.5. The summed E-state index contributed by atoms with van der Waals surface area (Å²) in [6.07, 6.45) is 4.26. The average molecular weight is 338 g/mol. The smallest absolute Gasteiger partial charge is 0.254 e. The van der Waals surface area contributed by atoms with Crippen LogP contribution < -0.4 is 11.1 Å². The predicted octanol–water partition coefficient (Wildman–Crippen LogP) is 2.01. The quantitative estimate of drug-likeness (QED) is 0.881. The highest BCUT2D eigenvalue weighted by molar-refractivity contribution is 6.00. The number of primary amides is 1. The molecule has 2 unspecified atom stereocenters. The van der Waals surface area contributed by atoms with E-state index in [1.165, 1.54) is 0 Å². The van der Waals surface area contributed by atoms with Crippen molar-refractivity contribution in [3.63, 3.8) is 0 Å². The van der Waals surface area contributed by atoms with Gasteiger partial charge in [0, 0.05) is 13.0 Å². The first-order valence-corrected chi connectivity index (χ1v) is 8.73. The summed E-state index contributed by atoms with van der Waals surface area (Å²) in [6, 6.07) is 10.1. The van der Waals surface area contributed by atoms with Crippen LogP contribution in [0, 0.1) is 11.3 Å². The van der Waals surface area contributed by atoms with Crippen LogP contribution in [0.2, 0.25) is 0 Å². The number of hydrogen-bond donors (Lipinski definition) is 2. The Kier molecular flexibility index (Phi) is 3.67. The molecule has 1 heterocycles. The zero-order valence-corrected chi connectivity index (χ0v) is 14.2. The molecule has 4 rings (SSSR count).